The van der Waals surface area contributed by atoms with Gasteiger partial charge in [-0.1, -0.05) is 0 Å². The third kappa shape index (κ3) is 2.18. The third-order valence-corrected chi connectivity index (χ3v) is 3.51. The fraction of sp³-hybridized carbons (Fsp3) is 0.312. The molecule has 0 bridgehead atoms. The molecular weight excluding hydrogens is 256 g/mol. The number of rotatable bonds is 5. The smallest absolute Gasteiger partial charge is 0.179 e. The molecule has 20 heavy (non-hydrogen) atoms. The van der Waals surface area contributed by atoms with Gasteiger partial charge in [-0.15, -0.1) is 0 Å². The summed E-state index contributed by atoms with van der Waals surface area (Å²) in [5.41, 5.74) is 1.46. The first-order chi connectivity index (χ1) is 9.74. The van der Waals surface area contributed by atoms with Gasteiger partial charge in [0.2, 0.25) is 0 Å². The number of hydrogen-bond donors (Lipinski definition) is 0. The second kappa shape index (κ2) is 5.04. The van der Waals surface area contributed by atoms with Crippen LogP contribution in [-0.2, 0) is 4.79 Å². The zero-order valence-corrected chi connectivity index (χ0v) is 11.5. The monoisotopic (exact) mass is 272 g/mol. The Morgan fingerprint density at radius 1 is 1.35 bits per heavy atom. The van der Waals surface area contributed by atoms with Crippen molar-refractivity contribution in [2.24, 2.45) is 5.92 Å². The van der Waals surface area contributed by atoms with Crippen molar-refractivity contribution in [3.05, 3.63) is 30.0 Å². The van der Waals surface area contributed by atoms with Gasteiger partial charge < -0.3 is 13.9 Å². The Labute approximate surface area is 117 Å². The van der Waals surface area contributed by atoms with Gasteiger partial charge >= 0.3 is 0 Å². The van der Waals surface area contributed by atoms with Crippen LogP contribution < -0.4 is 9.47 Å². The molecule has 1 saturated carbocycles. The lowest BCUT2D eigenvalue weighted by Gasteiger charge is -2.09. The Bertz CT molecular complexity index is 677. The molecule has 4 nitrogen and oxygen atoms in total. The van der Waals surface area contributed by atoms with E-state index in [-0.39, 0.29) is 11.7 Å². The second-order valence-electron chi connectivity index (χ2n) is 4.87. The van der Waals surface area contributed by atoms with Crippen molar-refractivity contribution in [2.45, 2.75) is 12.8 Å². The summed E-state index contributed by atoms with van der Waals surface area (Å²) in [6.45, 7) is 0. The van der Waals surface area contributed by atoms with Gasteiger partial charge in [0.05, 0.1) is 25.9 Å². The predicted octanol–water partition coefficient (Wildman–Crippen LogP) is 3.44. The number of methoxy groups -OCH3 is 2. The van der Waals surface area contributed by atoms with E-state index in [0.29, 0.717) is 17.1 Å². The van der Waals surface area contributed by atoms with Crippen molar-refractivity contribution >= 4 is 22.8 Å². The quantitative estimate of drug-likeness (QED) is 0.782. The molecule has 0 N–H and O–H groups in total. The molecule has 104 valence electrons. The Morgan fingerprint density at radius 3 is 2.80 bits per heavy atom. The van der Waals surface area contributed by atoms with E-state index in [4.69, 9.17) is 13.9 Å². The summed E-state index contributed by atoms with van der Waals surface area (Å²) < 4.78 is 16.2. The molecule has 4 heteroatoms. The minimum atomic E-state index is 0.179. The zero-order chi connectivity index (χ0) is 14.1. The maximum atomic E-state index is 11.8. The molecule has 0 unspecified atom stereocenters. The van der Waals surface area contributed by atoms with Crippen LogP contribution in [0, 0.1) is 5.92 Å². The topological polar surface area (TPSA) is 48.7 Å². The molecule has 0 radical (unpaired) electrons. The summed E-state index contributed by atoms with van der Waals surface area (Å²) in [5, 5.41) is 0.838. The molecule has 0 amide bonds. The second-order valence-corrected chi connectivity index (χ2v) is 4.87. The van der Waals surface area contributed by atoms with Gasteiger partial charge in [0, 0.05) is 11.5 Å². The number of carbonyl (C=O) groups excluding carboxylic acids is 1. The lowest BCUT2D eigenvalue weighted by molar-refractivity contribution is -0.115. The number of allylic oxidation sites excluding steroid dienone is 1. The summed E-state index contributed by atoms with van der Waals surface area (Å²) in [4.78, 5) is 11.8. The number of carbonyl (C=O) groups is 1. The molecule has 0 atom stereocenters. The van der Waals surface area contributed by atoms with Crippen LogP contribution in [0.15, 0.2) is 28.9 Å². The molecule has 2 aromatic rings. The molecule has 3 rings (SSSR count). The Balaban J connectivity index is 2.05. The summed E-state index contributed by atoms with van der Waals surface area (Å²) in [7, 11) is 3.20. The van der Waals surface area contributed by atoms with Gasteiger partial charge in [0.25, 0.3) is 0 Å². The van der Waals surface area contributed by atoms with Crippen molar-refractivity contribution < 1.29 is 18.7 Å². The van der Waals surface area contributed by atoms with Crippen LogP contribution in [0.4, 0.5) is 0 Å². The van der Waals surface area contributed by atoms with Crippen LogP contribution >= 0.6 is 0 Å². The Morgan fingerprint density at radius 2 is 2.15 bits per heavy atom. The SMILES string of the molecule is COc1c(/C=C/C(=O)C2CC2)cc(OC)c2occc12. The van der Waals surface area contributed by atoms with Gasteiger partial charge in [0.1, 0.15) is 5.75 Å². The van der Waals surface area contributed by atoms with Crippen molar-refractivity contribution in [1.29, 1.82) is 0 Å². The van der Waals surface area contributed by atoms with E-state index >= 15 is 0 Å². The van der Waals surface area contributed by atoms with Crippen molar-refractivity contribution in [3.63, 3.8) is 0 Å². The normalized spacial score (nSPS) is 14.9. The summed E-state index contributed by atoms with van der Waals surface area (Å²) in [5.74, 6) is 1.72. The largest absolute Gasteiger partial charge is 0.495 e. The minimum Gasteiger partial charge on any atom is -0.495 e. The van der Waals surface area contributed by atoms with Crippen LogP contribution in [0.5, 0.6) is 11.5 Å². The summed E-state index contributed by atoms with van der Waals surface area (Å²) >= 11 is 0. The van der Waals surface area contributed by atoms with Gasteiger partial charge in [-0.05, 0) is 37.1 Å². The third-order valence-electron chi connectivity index (χ3n) is 3.51. The van der Waals surface area contributed by atoms with Crippen molar-refractivity contribution in [2.75, 3.05) is 14.2 Å². The number of furan rings is 1. The highest BCUT2D eigenvalue weighted by Crippen LogP contribution is 2.38. The van der Waals surface area contributed by atoms with E-state index < -0.39 is 0 Å². The minimum absolute atomic E-state index is 0.179. The van der Waals surface area contributed by atoms with E-state index in [2.05, 4.69) is 0 Å². The fourth-order valence-electron chi connectivity index (χ4n) is 2.29. The fourth-order valence-corrected chi connectivity index (χ4v) is 2.29. The maximum Gasteiger partial charge on any atom is 0.179 e. The average Bonchev–Trinajstić information content (AvgIpc) is 3.21. The van der Waals surface area contributed by atoms with Crippen molar-refractivity contribution in [1.82, 2.24) is 0 Å². The lowest BCUT2D eigenvalue weighted by atomic mass is 10.1. The molecule has 0 spiro atoms. The molecule has 0 saturated heterocycles. The van der Waals surface area contributed by atoms with E-state index in [1.54, 1.807) is 32.6 Å². The predicted molar refractivity (Wildman–Crippen MR) is 76.1 cm³/mol. The van der Waals surface area contributed by atoms with Gasteiger partial charge in [0.15, 0.2) is 17.1 Å². The van der Waals surface area contributed by atoms with E-state index in [1.807, 2.05) is 12.1 Å². The highest BCUT2D eigenvalue weighted by Gasteiger charge is 2.27. The first-order valence-electron chi connectivity index (χ1n) is 6.58. The zero-order valence-electron chi connectivity index (χ0n) is 11.5. The number of ether oxygens (including phenoxy) is 2. The van der Waals surface area contributed by atoms with Crippen LogP contribution in [-0.4, -0.2) is 20.0 Å². The molecule has 1 aliphatic carbocycles. The summed E-state index contributed by atoms with van der Waals surface area (Å²) in [6, 6.07) is 3.65. The van der Waals surface area contributed by atoms with Gasteiger partial charge in [-0.3, -0.25) is 4.79 Å². The molecule has 1 fully saturated rings. The van der Waals surface area contributed by atoms with Gasteiger partial charge in [-0.25, -0.2) is 0 Å². The summed E-state index contributed by atoms with van der Waals surface area (Å²) in [6.07, 6.45) is 7.02. The maximum absolute atomic E-state index is 11.8. The van der Waals surface area contributed by atoms with Crippen molar-refractivity contribution in [3.8, 4) is 11.5 Å². The Kier molecular flexibility index (Phi) is 3.22. The highest BCUT2D eigenvalue weighted by atomic mass is 16.5. The van der Waals surface area contributed by atoms with Crippen LogP contribution in [0.3, 0.4) is 0 Å². The molecule has 0 aliphatic heterocycles. The first-order valence-corrected chi connectivity index (χ1v) is 6.58. The molecule has 1 aromatic carbocycles. The van der Waals surface area contributed by atoms with Crippen LogP contribution in [0.2, 0.25) is 0 Å². The number of fused-ring (bicyclic) bond motifs is 1. The Hall–Kier alpha value is -2.23. The average molecular weight is 272 g/mol. The number of benzene rings is 1. The van der Waals surface area contributed by atoms with E-state index in [0.717, 1.165) is 23.8 Å². The molecular formula is C16H16O4. The van der Waals surface area contributed by atoms with E-state index in [9.17, 15) is 4.79 Å². The molecule has 1 heterocycles. The van der Waals surface area contributed by atoms with E-state index in [1.165, 1.54) is 0 Å². The molecule has 1 aliphatic rings. The standard InChI is InChI=1S/C16H16O4/c1-18-14-9-11(5-6-13(17)10-3-4-10)15(19-2)12-7-8-20-16(12)14/h5-10H,3-4H2,1-2H3/b6-5+. The van der Waals surface area contributed by atoms with Crippen LogP contribution in [0.1, 0.15) is 18.4 Å². The first kappa shape index (κ1) is 12.8. The molecule has 1 aromatic heterocycles. The van der Waals surface area contributed by atoms with Crippen LogP contribution in [0.25, 0.3) is 17.0 Å². The number of ketones is 1. The number of hydrogen-bond acceptors (Lipinski definition) is 4. The van der Waals surface area contributed by atoms with Gasteiger partial charge in [-0.2, -0.15) is 0 Å². The lowest BCUT2D eigenvalue weighted by Crippen LogP contribution is -1.95. The highest BCUT2D eigenvalue weighted by molar-refractivity contribution is 5.99.